The summed E-state index contributed by atoms with van der Waals surface area (Å²) in [6.45, 7) is 0.627. The summed E-state index contributed by atoms with van der Waals surface area (Å²) in [4.78, 5) is 12.0. The normalized spacial score (nSPS) is 16.5. The van der Waals surface area contributed by atoms with E-state index in [0.717, 1.165) is 31.2 Å². The molecule has 0 bridgehead atoms. The van der Waals surface area contributed by atoms with E-state index in [1.54, 1.807) is 25.3 Å². The lowest BCUT2D eigenvalue weighted by molar-refractivity contribution is -0.120. The predicted molar refractivity (Wildman–Crippen MR) is 86.1 cm³/mol. The third-order valence-corrected chi connectivity index (χ3v) is 4.44. The van der Waals surface area contributed by atoms with Crippen LogP contribution in [0.4, 0.5) is 0 Å². The number of rotatable bonds is 7. The average molecular weight is 327 g/mol. The van der Waals surface area contributed by atoms with Gasteiger partial charge in [0, 0.05) is 22.7 Å². The Bertz CT molecular complexity index is 516. The van der Waals surface area contributed by atoms with Crippen LogP contribution in [0.2, 0.25) is 5.02 Å². The minimum Gasteiger partial charge on any atom is -0.496 e. The fourth-order valence-corrected chi connectivity index (χ4v) is 3.05. The van der Waals surface area contributed by atoms with Crippen molar-refractivity contribution in [1.29, 1.82) is 0 Å². The van der Waals surface area contributed by atoms with Crippen LogP contribution in [0.25, 0.3) is 0 Å². The van der Waals surface area contributed by atoms with Gasteiger partial charge >= 0.3 is 0 Å². The van der Waals surface area contributed by atoms with Gasteiger partial charge in [0.25, 0.3) is 0 Å². The molecule has 3 N–H and O–H groups in total. The smallest absolute Gasteiger partial charge is 0.234 e. The highest BCUT2D eigenvalue weighted by Crippen LogP contribution is 2.28. The molecular formula is C16H23ClN2O3. The van der Waals surface area contributed by atoms with Gasteiger partial charge in [0.2, 0.25) is 5.91 Å². The molecule has 1 saturated carbocycles. The van der Waals surface area contributed by atoms with E-state index in [-0.39, 0.29) is 24.6 Å². The molecule has 6 heteroatoms. The third-order valence-electron chi connectivity index (χ3n) is 4.21. The molecule has 0 atom stereocenters. The Labute approximate surface area is 136 Å². The molecule has 2 rings (SSSR count). The highest BCUT2D eigenvalue weighted by atomic mass is 35.5. The molecule has 1 amide bonds. The number of halogens is 1. The van der Waals surface area contributed by atoms with Crippen LogP contribution in [-0.4, -0.2) is 36.8 Å². The van der Waals surface area contributed by atoms with Gasteiger partial charge in [-0.3, -0.25) is 4.79 Å². The summed E-state index contributed by atoms with van der Waals surface area (Å²) in [6.07, 6.45) is 4.02. The highest BCUT2D eigenvalue weighted by Gasteiger charge is 2.32. The summed E-state index contributed by atoms with van der Waals surface area (Å²) in [7, 11) is 1.58. The van der Waals surface area contributed by atoms with Crippen LogP contribution in [0, 0.1) is 0 Å². The first-order chi connectivity index (χ1) is 10.6. The van der Waals surface area contributed by atoms with Crippen molar-refractivity contribution >= 4 is 17.5 Å². The average Bonchev–Trinajstić information content (AvgIpc) is 3.00. The standard InChI is InChI=1S/C16H23ClN2O3/c1-22-14-5-4-13(17)8-12(14)9-18-15(21)10-19-16(11-20)6-2-3-7-16/h4-5,8,19-20H,2-3,6-7,9-11H2,1H3,(H,18,21). The number of carbonyl (C=O) groups excluding carboxylic acids is 1. The SMILES string of the molecule is COc1ccc(Cl)cc1CNC(=O)CNC1(CO)CCCC1. The first-order valence-electron chi connectivity index (χ1n) is 7.53. The molecule has 0 saturated heterocycles. The van der Waals surface area contributed by atoms with Gasteiger partial charge in [0.1, 0.15) is 5.75 Å². The van der Waals surface area contributed by atoms with Crippen LogP contribution in [0.15, 0.2) is 18.2 Å². The van der Waals surface area contributed by atoms with Crippen LogP contribution in [0.3, 0.4) is 0 Å². The summed E-state index contributed by atoms with van der Waals surface area (Å²) < 4.78 is 5.25. The second-order valence-corrected chi connectivity index (χ2v) is 6.17. The lowest BCUT2D eigenvalue weighted by atomic mass is 9.99. The number of methoxy groups -OCH3 is 1. The van der Waals surface area contributed by atoms with Crippen LogP contribution in [0.1, 0.15) is 31.2 Å². The van der Waals surface area contributed by atoms with Crippen molar-refractivity contribution in [2.45, 2.75) is 37.8 Å². The molecule has 5 nitrogen and oxygen atoms in total. The van der Waals surface area contributed by atoms with Gasteiger partial charge in [-0.2, -0.15) is 0 Å². The van der Waals surface area contributed by atoms with E-state index in [1.165, 1.54) is 0 Å². The van der Waals surface area contributed by atoms with Gasteiger partial charge in [-0.05, 0) is 31.0 Å². The molecule has 1 aliphatic rings. The molecule has 0 aromatic heterocycles. The van der Waals surface area contributed by atoms with Crippen molar-refractivity contribution in [3.63, 3.8) is 0 Å². The van der Waals surface area contributed by atoms with Gasteiger partial charge in [-0.15, -0.1) is 0 Å². The van der Waals surface area contributed by atoms with Crippen molar-refractivity contribution in [2.75, 3.05) is 20.3 Å². The van der Waals surface area contributed by atoms with Crippen LogP contribution >= 0.6 is 11.6 Å². The second-order valence-electron chi connectivity index (χ2n) is 5.73. The van der Waals surface area contributed by atoms with E-state index in [9.17, 15) is 9.90 Å². The minimum absolute atomic E-state index is 0.0718. The zero-order chi connectivity index (χ0) is 16.0. The maximum absolute atomic E-state index is 12.0. The molecule has 1 aromatic rings. The first kappa shape index (κ1) is 17.1. The molecule has 1 aliphatic carbocycles. The predicted octanol–water partition coefficient (Wildman–Crippen LogP) is 1.86. The maximum atomic E-state index is 12.0. The fourth-order valence-electron chi connectivity index (χ4n) is 2.85. The Kier molecular flexibility index (Phi) is 6.06. The summed E-state index contributed by atoms with van der Waals surface area (Å²) in [5, 5.41) is 16.2. The molecular weight excluding hydrogens is 304 g/mol. The van der Waals surface area contributed by atoms with E-state index in [2.05, 4.69) is 10.6 Å². The number of aliphatic hydroxyl groups excluding tert-OH is 1. The van der Waals surface area contributed by atoms with E-state index in [4.69, 9.17) is 16.3 Å². The van der Waals surface area contributed by atoms with E-state index in [1.807, 2.05) is 0 Å². The number of ether oxygens (including phenoxy) is 1. The van der Waals surface area contributed by atoms with Gasteiger partial charge in [0.05, 0.1) is 20.3 Å². The topological polar surface area (TPSA) is 70.6 Å². The number of hydrogen-bond donors (Lipinski definition) is 3. The lowest BCUT2D eigenvalue weighted by Crippen LogP contribution is -2.50. The summed E-state index contributed by atoms with van der Waals surface area (Å²) in [5.74, 6) is 0.585. The number of benzene rings is 1. The lowest BCUT2D eigenvalue weighted by Gasteiger charge is -2.27. The molecule has 1 aromatic carbocycles. The van der Waals surface area contributed by atoms with Crippen LogP contribution in [-0.2, 0) is 11.3 Å². The molecule has 22 heavy (non-hydrogen) atoms. The summed E-state index contributed by atoms with van der Waals surface area (Å²) in [5.41, 5.74) is 0.548. The molecule has 0 heterocycles. The quantitative estimate of drug-likeness (QED) is 0.715. The Morgan fingerprint density at radius 3 is 2.77 bits per heavy atom. The fraction of sp³-hybridized carbons (Fsp3) is 0.562. The Morgan fingerprint density at radius 2 is 2.14 bits per heavy atom. The van der Waals surface area contributed by atoms with Gasteiger partial charge in [-0.1, -0.05) is 24.4 Å². The number of carbonyl (C=O) groups is 1. The van der Waals surface area contributed by atoms with Gasteiger partial charge in [-0.25, -0.2) is 0 Å². The van der Waals surface area contributed by atoms with Crippen molar-refractivity contribution in [3.05, 3.63) is 28.8 Å². The van der Waals surface area contributed by atoms with E-state index < -0.39 is 0 Å². The first-order valence-corrected chi connectivity index (χ1v) is 7.91. The zero-order valence-corrected chi connectivity index (χ0v) is 13.6. The highest BCUT2D eigenvalue weighted by molar-refractivity contribution is 6.30. The summed E-state index contributed by atoms with van der Waals surface area (Å²) >= 11 is 5.97. The van der Waals surface area contributed by atoms with Gasteiger partial charge in [0.15, 0.2) is 0 Å². The van der Waals surface area contributed by atoms with Crippen molar-refractivity contribution in [3.8, 4) is 5.75 Å². The molecule has 1 fully saturated rings. The molecule has 0 unspecified atom stereocenters. The van der Waals surface area contributed by atoms with Crippen molar-refractivity contribution < 1.29 is 14.6 Å². The number of nitrogens with one attached hydrogen (secondary N) is 2. The van der Waals surface area contributed by atoms with E-state index >= 15 is 0 Å². The largest absolute Gasteiger partial charge is 0.496 e. The number of aliphatic hydroxyl groups is 1. The number of hydrogen-bond acceptors (Lipinski definition) is 4. The minimum atomic E-state index is -0.287. The van der Waals surface area contributed by atoms with Crippen LogP contribution < -0.4 is 15.4 Å². The van der Waals surface area contributed by atoms with E-state index in [0.29, 0.717) is 17.3 Å². The van der Waals surface area contributed by atoms with Gasteiger partial charge < -0.3 is 20.5 Å². The Balaban J connectivity index is 1.84. The summed E-state index contributed by atoms with van der Waals surface area (Å²) in [6, 6.07) is 5.31. The third kappa shape index (κ3) is 4.35. The molecule has 0 aliphatic heterocycles. The molecule has 0 radical (unpaired) electrons. The zero-order valence-electron chi connectivity index (χ0n) is 12.8. The van der Waals surface area contributed by atoms with Crippen molar-refractivity contribution in [1.82, 2.24) is 10.6 Å². The van der Waals surface area contributed by atoms with Crippen LogP contribution in [0.5, 0.6) is 5.75 Å². The molecule has 0 spiro atoms. The Hall–Kier alpha value is -1.30. The number of amides is 1. The van der Waals surface area contributed by atoms with Crippen molar-refractivity contribution in [2.24, 2.45) is 0 Å². The monoisotopic (exact) mass is 326 g/mol. The maximum Gasteiger partial charge on any atom is 0.234 e. The Morgan fingerprint density at radius 1 is 1.41 bits per heavy atom. The molecule has 122 valence electrons. The second kappa shape index (κ2) is 7.81.